The van der Waals surface area contributed by atoms with E-state index in [-0.39, 0.29) is 30.4 Å². The molecule has 0 spiro atoms. The van der Waals surface area contributed by atoms with Crippen LogP contribution in [0.3, 0.4) is 0 Å². The van der Waals surface area contributed by atoms with Gasteiger partial charge in [0.2, 0.25) is 11.8 Å². The lowest BCUT2D eigenvalue weighted by atomic mass is 9.75. The van der Waals surface area contributed by atoms with E-state index in [0.717, 1.165) is 43.2 Å². The molecule has 0 radical (unpaired) electrons. The van der Waals surface area contributed by atoms with Crippen LogP contribution in [0, 0.1) is 11.8 Å². The molecule has 1 N–H and O–H groups in total. The number of esters is 1. The van der Waals surface area contributed by atoms with Crippen LogP contribution < -0.4 is 0 Å². The van der Waals surface area contributed by atoms with Gasteiger partial charge in [0.25, 0.3) is 5.17 Å². The van der Waals surface area contributed by atoms with E-state index in [1.165, 1.54) is 4.90 Å². The van der Waals surface area contributed by atoms with Gasteiger partial charge in [0.05, 0.1) is 12.0 Å². The van der Waals surface area contributed by atoms with Gasteiger partial charge in [-0.1, -0.05) is 145 Å². The van der Waals surface area contributed by atoms with Crippen molar-refractivity contribution in [3.63, 3.8) is 0 Å². The summed E-state index contributed by atoms with van der Waals surface area (Å²) in [4.78, 5) is 30.5. The molecule has 1 heterocycles. The Balaban J connectivity index is 1.90. The zero-order valence-corrected chi connectivity index (χ0v) is 34.6. The molecule has 1 saturated heterocycles. The number of amides is 1. The number of ether oxygens (including phenoxy) is 2. The Bertz CT molecular complexity index is 1450. The van der Waals surface area contributed by atoms with Crippen molar-refractivity contribution < 1.29 is 33.0 Å². The fourth-order valence-electron chi connectivity index (χ4n) is 7.61. The number of carbonyl (C=O) groups is 2. The fraction of sp³-hybridized carbons (Fsp3) is 0.622. The zero-order chi connectivity index (χ0) is 40.0. The molecule has 6 nitrogen and oxygen atoms in total. The number of hydrogen-bond donors (Lipinski definition) is 1. The lowest BCUT2D eigenvalue weighted by Crippen LogP contribution is -2.57. The molecule has 3 atom stereocenters. The average Bonchev–Trinajstić information content (AvgIpc) is 3.44. The molecular weight excluding hydrogens is 705 g/mol. The third-order valence-electron chi connectivity index (χ3n) is 10.2. The monoisotopic (exact) mass is 769 g/mol. The average molecular weight is 770 g/mol. The van der Waals surface area contributed by atoms with E-state index in [1.54, 1.807) is 26.8 Å². The fourth-order valence-corrected chi connectivity index (χ4v) is 7.94. The van der Waals surface area contributed by atoms with E-state index in [4.69, 9.17) is 21.7 Å². The van der Waals surface area contributed by atoms with Gasteiger partial charge < -0.3 is 14.6 Å². The lowest BCUT2D eigenvalue weighted by molar-refractivity contribution is -0.185. The van der Waals surface area contributed by atoms with Crippen LogP contribution in [-0.4, -0.2) is 50.2 Å². The van der Waals surface area contributed by atoms with Crippen molar-refractivity contribution in [3.05, 3.63) is 83.9 Å². The minimum Gasteiger partial charge on any atom is -0.458 e. The molecule has 0 aliphatic carbocycles. The second-order valence-electron chi connectivity index (χ2n) is 16.3. The van der Waals surface area contributed by atoms with E-state index >= 15 is 4.79 Å². The summed E-state index contributed by atoms with van der Waals surface area (Å²) in [6.45, 7) is 13.1. The van der Waals surface area contributed by atoms with Crippen molar-refractivity contribution in [1.82, 2.24) is 4.90 Å². The number of carbonyl (C=O) groups excluding carboxylic acids is 2. The molecule has 0 aromatic heterocycles. The van der Waals surface area contributed by atoms with Crippen LogP contribution in [0.15, 0.2) is 72.8 Å². The van der Waals surface area contributed by atoms with E-state index in [1.807, 2.05) is 87.5 Å². The number of aliphatic hydroxyl groups is 1. The number of thiocarbonyl (C=S) groups is 1. The summed E-state index contributed by atoms with van der Waals surface area (Å²) in [6, 6.07) is 18.7. The third-order valence-corrected chi connectivity index (χ3v) is 10.5. The summed E-state index contributed by atoms with van der Waals surface area (Å²) in [5, 5.41) is 12.3. The van der Waals surface area contributed by atoms with Gasteiger partial charge in [0, 0.05) is 24.0 Å². The van der Waals surface area contributed by atoms with Crippen LogP contribution in [0.4, 0.5) is 8.78 Å². The van der Waals surface area contributed by atoms with Gasteiger partial charge in [-0.2, -0.15) is 0 Å². The normalized spacial score (nSPS) is 17.8. The first kappa shape index (κ1) is 45.2. The molecule has 2 aromatic carbocycles. The molecule has 1 fully saturated rings. The number of rotatable bonds is 22. The first-order chi connectivity index (χ1) is 25.5. The highest BCUT2D eigenvalue weighted by Crippen LogP contribution is 2.48. The molecule has 3 rings (SSSR count). The van der Waals surface area contributed by atoms with Crippen LogP contribution in [-0.2, 0) is 24.7 Å². The van der Waals surface area contributed by atoms with Gasteiger partial charge in [-0.05, 0) is 71.0 Å². The number of unbranched alkanes of at least 4 members (excludes halogenated alkanes) is 8. The van der Waals surface area contributed by atoms with Crippen molar-refractivity contribution in [2.24, 2.45) is 11.8 Å². The summed E-state index contributed by atoms with van der Waals surface area (Å²) in [7, 11) is 0. The van der Waals surface area contributed by atoms with Gasteiger partial charge in [-0.25, -0.2) is 13.6 Å². The molecule has 0 unspecified atom stereocenters. The molecular formula is C45H65F2NO5S. The van der Waals surface area contributed by atoms with Crippen molar-refractivity contribution in [3.8, 4) is 0 Å². The van der Waals surface area contributed by atoms with Gasteiger partial charge in [-0.15, -0.1) is 0 Å². The SMILES string of the molecule is CCCCCCCC(F)(F)CCCCCC/C=C/[C@H](C(=O)N1C(=S)OC(c2ccccc2)(c2ccccc2)[C@@H]1C(C)C)[C@@](O)(CCC)C(=O)OC(C)(C)C. The molecule has 1 aliphatic heterocycles. The zero-order valence-electron chi connectivity index (χ0n) is 33.8. The number of benzene rings is 2. The highest BCUT2D eigenvalue weighted by atomic mass is 32.1. The molecule has 300 valence electrons. The predicted octanol–water partition coefficient (Wildman–Crippen LogP) is 11.5. The van der Waals surface area contributed by atoms with E-state index in [0.29, 0.717) is 38.5 Å². The third kappa shape index (κ3) is 11.9. The predicted molar refractivity (Wildman–Crippen MR) is 217 cm³/mol. The van der Waals surface area contributed by atoms with Crippen LogP contribution in [0.25, 0.3) is 0 Å². The van der Waals surface area contributed by atoms with Crippen LogP contribution in [0.5, 0.6) is 0 Å². The molecule has 2 aromatic rings. The maximum Gasteiger partial charge on any atom is 0.339 e. The minimum absolute atomic E-state index is 0.0220. The van der Waals surface area contributed by atoms with Crippen molar-refractivity contribution in [1.29, 1.82) is 0 Å². The Morgan fingerprint density at radius 2 is 1.37 bits per heavy atom. The highest BCUT2D eigenvalue weighted by Gasteiger charge is 2.60. The van der Waals surface area contributed by atoms with Crippen LogP contribution in [0.1, 0.15) is 149 Å². The molecule has 54 heavy (non-hydrogen) atoms. The molecule has 0 saturated carbocycles. The summed E-state index contributed by atoms with van der Waals surface area (Å²) < 4.78 is 41.3. The Hall–Kier alpha value is -3.17. The molecule has 1 amide bonds. The standard InChI is InChI=1S/C45H65F2NO5S/c1-8-10-11-15-24-32-43(46,47)33-25-16-13-12-14-23-30-37(44(51,31-9-2)40(50)52-42(5,6)7)39(49)48-38(34(3)4)45(53-41(48)54,35-26-19-17-20-27-35)36-28-21-18-22-29-36/h17-23,26-30,34,37-38,51H,8-16,24-25,31-33H2,1-7H3/b30-23+/t37-,38+,44+/m1/s1. The van der Waals surface area contributed by atoms with Crippen molar-refractivity contribution >= 4 is 29.3 Å². The summed E-state index contributed by atoms with van der Waals surface area (Å²) in [6.07, 6.45) is 11.4. The summed E-state index contributed by atoms with van der Waals surface area (Å²) in [5.74, 6) is -5.57. The largest absolute Gasteiger partial charge is 0.458 e. The van der Waals surface area contributed by atoms with E-state index in [2.05, 4.69) is 6.92 Å². The topological polar surface area (TPSA) is 76.1 Å². The number of hydrogen-bond acceptors (Lipinski definition) is 6. The molecule has 9 heteroatoms. The van der Waals surface area contributed by atoms with Crippen LogP contribution in [0.2, 0.25) is 0 Å². The molecule has 0 bridgehead atoms. The Kier molecular flexibility index (Phi) is 17.3. The lowest BCUT2D eigenvalue weighted by Gasteiger charge is -2.40. The second-order valence-corrected chi connectivity index (χ2v) is 16.6. The Labute approximate surface area is 329 Å². The first-order valence-electron chi connectivity index (χ1n) is 20.2. The highest BCUT2D eigenvalue weighted by molar-refractivity contribution is 7.80. The first-order valence-corrected chi connectivity index (χ1v) is 20.6. The van der Waals surface area contributed by atoms with Crippen LogP contribution >= 0.6 is 12.2 Å². The summed E-state index contributed by atoms with van der Waals surface area (Å²) in [5.41, 5.74) is -2.62. The van der Waals surface area contributed by atoms with Gasteiger partial charge >= 0.3 is 5.97 Å². The number of halogens is 2. The maximum absolute atomic E-state index is 15.1. The second kappa shape index (κ2) is 20.7. The number of allylic oxidation sites excluding steroid dienone is 1. The summed E-state index contributed by atoms with van der Waals surface area (Å²) >= 11 is 5.89. The van der Waals surface area contributed by atoms with Gasteiger partial charge in [0.1, 0.15) is 5.60 Å². The number of nitrogens with zero attached hydrogens (tertiary/aromatic N) is 1. The smallest absolute Gasteiger partial charge is 0.339 e. The maximum atomic E-state index is 15.1. The number of alkyl halides is 2. The minimum atomic E-state index is -2.63. The Morgan fingerprint density at radius 3 is 1.85 bits per heavy atom. The van der Waals surface area contributed by atoms with E-state index in [9.17, 15) is 18.7 Å². The van der Waals surface area contributed by atoms with Crippen molar-refractivity contribution in [2.45, 2.75) is 167 Å². The van der Waals surface area contributed by atoms with Gasteiger partial charge in [0.15, 0.2) is 11.2 Å². The van der Waals surface area contributed by atoms with E-state index < -0.39 is 46.6 Å². The molecule has 1 aliphatic rings. The van der Waals surface area contributed by atoms with Gasteiger partial charge in [-0.3, -0.25) is 9.69 Å². The Morgan fingerprint density at radius 1 is 0.852 bits per heavy atom. The quantitative estimate of drug-likeness (QED) is 0.0556. The van der Waals surface area contributed by atoms with Crippen molar-refractivity contribution in [2.75, 3.05) is 0 Å².